The summed E-state index contributed by atoms with van der Waals surface area (Å²) < 4.78 is 6.78. The molecular weight excluding hydrogens is 330 g/mol. The van der Waals surface area contributed by atoms with E-state index in [4.69, 9.17) is 4.74 Å². The first kappa shape index (κ1) is 16.4. The van der Waals surface area contributed by atoms with Crippen molar-refractivity contribution in [3.8, 4) is 5.75 Å². The Morgan fingerprint density at radius 1 is 1.38 bits per heavy atom. The summed E-state index contributed by atoms with van der Waals surface area (Å²) in [6.45, 7) is 4.47. The van der Waals surface area contributed by atoms with Crippen molar-refractivity contribution in [1.29, 1.82) is 0 Å². The third-order valence-corrected chi connectivity index (χ3v) is 4.69. The number of hydrogen-bond acceptors (Lipinski definition) is 6. The largest absolute Gasteiger partial charge is 0.481 e. The monoisotopic (exact) mass is 345 g/mol. The molecule has 3 rings (SSSR count). The van der Waals surface area contributed by atoms with E-state index >= 15 is 0 Å². The molecule has 1 aliphatic rings. The van der Waals surface area contributed by atoms with Gasteiger partial charge in [0, 0.05) is 16.5 Å². The van der Waals surface area contributed by atoms with Crippen molar-refractivity contribution in [2.24, 2.45) is 5.18 Å². The third-order valence-electron chi connectivity index (χ3n) is 3.51. The number of rotatable bonds is 4. The van der Waals surface area contributed by atoms with Gasteiger partial charge in [-0.2, -0.15) is 0 Å². The molecule has 0 spiro atoms. The molecule has 1 aromatic heterocycles. The number of carbonyl (C=O) groups is 1. The first-order valence-electron chi connectivity index (χ1n) is 7.29. The average molecular weight is 345 g/mol. The van der Waals surface area contributed by atoms with Crippen molar-refractivity contribution in [1.82, 2.24) is 9.55 Å². The van der Waals surface area contributed by atoms with Crippen LogP contribution in [-0.4, -0.2) is 20.2 Å². The molecule has 0 saturated heterocycles. The molecule has 8 heteroatoms. The summed E-state index contributed by atoms with van der Waals surface area (Å²) in [6.07, 6.45) is 0. The van der Waals surface area contributed by atoms with Crippen molar-refractivity contribution in [3.05, 3.63) is 56.9 Å². The SMILES string of the molecule is CC1(C)Cn2c(nc(C(=O)N=O)c(OCc3ccccc3)c2=O)S1. The lowest BCUT2D eigenvalue weighted by atomic mass is 10.2. The number of thioether (sulfide) groups is 1. The van der Waals surface area contributed by atoms with Gasteiger partial charge >= 0.3 is 5.91 Å². The van der Waals surface area contributed by atoms with Gasteiger partial charge in [0.05, 0.1) is 0 Å². The Bertz CT molecular complexity index is 862. The predicted octanol–water partition coefficient (Wildman–Crippen LogP) is 2.61. The Morgan fingerprint density at radius 2 is 2.08 bits per heavy atom. The van der Waals surface area contributed by atoms with E-state index in [-0.39, 0.29) is 22.8 Å². The minimum atomic E-state index is -1.11. The highest BCUT2D eigenvalue weighted by molar-refractivity contribution is 8.00. The highest BCUT2D eigenvalue weighted by Gasteiger charge is 2.35. The van der Waals surface area contributed by atoms with Crippen molar-refractivity contribution in [2.45, 2.75) is 36.9 Å². The topological polar surface area (TPSA) is 90.6 Å². The highest BCUT2D eigenvalue weighted by Crippen LogP contribution is 2.39. The molecule has 1 amide bonds. The van der Waals surface area contributed by atoms with Crippen molar-refractivity contribution >= 4 is 17.7 Å². The van der Waals surface area contributed by atoms with Gasteiger partial charge in [0.25, 0.3) is 5.56 Å². The lowest BCUT2D eigenvalue weighted by Gasteiger charge is -2.12. The number of benzene rings is 1. The highest BCUT2D eigenvalue weighted by atomic mass is 32.2. The Hall–Kier alpha value is -2.48. The number of hydrogen-bond donors (Lipinski definition) is 0. The van der Waals surface area contributed by atoms with Gasteiger partial charge in [-0.1, -0.05) is 42.1 Å². The summed E-state index contributed by atoms with van der Waals surface area (Å²) in [6, 6.07) is 9.20. The van der Waals surface area contributed by atoms with Gasteiger partial charge in [-0.25, -0.2) is 4.98 Å². The molecule has 0 saturated carbocycles. The van der Waals surface area contributed by atoms with E-state index in [2.05, 4.69) is 10.2 Å². The summed E-state index contributed by atoms with van der Waals surface area (Å²) >= 11 is 1.37. The normalized spacial score (nSPS) is 14.9. The smallest absolute Gasteiger partial charge is 0.339 e. The molecule has 124 valence electrons. The molecule has 24 heavy (non-hydrogen) atoms. The van der Waals surface area contributed by atoms with Crippen LogP contribution < -0.4 is 10.3 Å². The summed E-state index contributed by atoms with van der Waals surface area (Å²) in [4.78, 5) is 39.3. The lowest BCUT2D eigenvalue weighted by molar-refractivity contribution is 0.0989. The van der Waals surface area contributed by atoms with E-state index in [1.807, 2.05) is 44.2 Å². The van der Waals surface area contributed by atoms with Gasteiger partial charge in [-0.05, 0) is 19.4 Å². The van der Waals surface area contributed by atoms with Crippen LogP contribution in [0.25, 0.3) is 0 Å². The third kappa shape index (κ3) is 3.09. The molecule has 0 radical (unpaired) electrons. The molecule has 0 bridgehead atoms. The van der Waals surface area contributed by atoms with E-state index in [0.717, 1.165) is 5.56 Å². The van der Waals surface area contributed by atoms with E-state index in [9.17, 15) is 14.5 Å². The van der Waals surface area contributed by atoms with Crippen LogP contribution in [0.15, 0.2) is 45.5 Å². The van der Waals surface area contributed by atoms with Gasteiger partial charge in [0.2, 0.25) is 5.75 Å². The maximum absolute atomic E-state index is 12.7. The second-order valence-corrected chi connectivity index (χ2v) is 7.67. The lowest BCUT2D eigenvalue weighted by Crippen LogP contribution is -2.28. The molecule has 0 N–H and O–H groups in total. The minimum Gasteiger partial charge on any atom is -0.481 e. The quantitative estimate of drug-likeness (QED) is 0.625. The minimum absolute atomic E-state index is 0.0901. The first-order valence-corrected chi connectivity index (χ1v) is 8.11. The van der Waals surface area contributed by atoms with Crippen LogP contribution in [0.5, 0.6) is 5.75 Å². The maximum atomic E-state index is 12.7. The van der Waals surface area contributed by atoms with Crippen LogP contribution >= 0.6 is 11.8 Å². The second-order valence-electron chi connectivity index (χ2n) is 6.00. The van der Waals surface area contributed by atoms with Crippen molar-refractivity contribution in [3.63, 3.8) is 0 Å². The molecule has 0 atom stereocenters. The number of carbonyl (C=O) groups excluding carboxylic acids is 1. The zero-order valence-electron chi connectivity index (χ0n) is 13.2. The van der Waals surface area contributed by atoms with Crippen LogP contribution in [0, 0.1) is 4.91 Å². The average Bonchev–Trinajstić information content (AvgIpc) is 2.88. The Balaban J connectivity index is 2.02. The van der Waals surface area contributed by atoms with E-state index in [1.165, 1.54) is 16.3 Å². The molecule has 7 nitrogen and oxygen atoms in total. The van der Waals surface area contributed by atoms with E-state index in [0.29, 0.717) is 11.7 Å². The predicted molar refractivity (Wildman–Crippen MR) is 89.3 cm³/mol. The van der Waals surface area contributed by atoms with Crippen LogP contribution in [0.3, 0.4) is 0 Å². The molecule has 2 aromatic rings. The molecular formula is C16H15N3O4S. The number of fused-ring (bicyclic) bond motifs is 1. The summed E-state index contributed by atoms with van der Waals surface area (Å²) in [5, 5.41) is 2.78. The number of nitroso groups, excluding NO2 is 1. The van der Waals surface area contributed by atoms with Crippen LogP contribution in [0.4, 0.5) is 0 Å². The molecule has 2 heterocycles. The van der Waals surface area contributed by atoms with Crippen LogP contribution in [0.2, 0.25) is 0 Å². The Morgan fingerprint density at radius 3 is 2.75 bits per heavy atom. The zero-order valence-corrected chi connectivity index (χ0v) is 14.0. The molecule has 0 aliphatic carbocycles. The number of nitrogens with zero attached hydrogens (tertiary/aromatic N) is 3. The Kier molecular flexibility index (Phi) is 4.23. The molecule has 0 fully saturated rings. The Labute approximate surface area is 142 Å². The van der Waals surface area contributed by atoms with E-state index in [1.54, 1.807) is 0 Å². The van der Waals surface area contributed by atoms with Gasteiger partial charge in [-0.15, -0.1) is 4.91 Å². The number of ether oxygens (including phenoxy) is 1. The fourth-order valence-corrected chi connectivity index (χ4v) is 3.53. The van der Waals surface area contributed by atoms with Gasteiger partial charge in [0.15, 0.2) is 10.9 Å². The number of aromatic nitrogens is 2. The second kappa shape index (κ2) is 6.20. The summed E-state index contributed by atoms with van der Waals surface area (Å²) in [7, 11) is 0. The fraction of sp³-hybridized carbons (Fsp3) is 0.312. The molecule has 1 aliphatic heterocycles. The summed E-state index contributed by atoms with van der Waals surface area (Å²) in [5.74, 6) is -1.34. The van der Waals surface area contributed by atoms with Crippen LogP contribution in [-0.2, 0) is 13.2 Å². The van der Waals surface area contributed by atoms with Crippen molar-refractivity contribution < 1.29 is 9.53 Å². The molecule has 1 aromatic carbocycles. The summed E-state index contributed by atoms with van der Waals surface area (Å²) in [5.41, 5.74) is 0.0259. The van der Waals surface area contributed by atoms with Gasteiger partial charge < -0.3 is 4.74 Å². The maximum Gasteiger partial charge on any atom is 0.339 e. The van der Waals surface area contributed by atoms with E-state index < -0.39 is 11.5 Å². The molecule has 0 unspecified atom stereocenters. The fourth-order valence-electron chi connectivity index (χ4n) is 2.44. The standard InChI is InChI=1S/C16H15N3O4S/c1-16(2)9-19-14(21)12(23-8-10-6-4-3-5-7-10)11(13(20)18-22)17-15(19)24-16/h3-7H,8-9H2,1-2H3. The van der Waals surface area contributed by atoms with Crippen molar-refractivity contribution in [2.75, 3.05) is 0 Å². The zero-order chi connectivity index (χ0) is 17.3. The van der Waals surface area contributed by atoms with Gasteiger partial charge in [0.1, 0.15) is 6.61 Å². The van der Waals surface area contributed by atoms with Gasteiger partial charge in [-0.3, -0.25) is 14.2 Å². The number of amides is 1. The first-order chi connectivity index (χ1) is 11.4. The van der Waals surface area contributed by atoms with Crippen LogP contribution in [0.1, 0.15) is 29.9 Å².